The molecule has 0 spiro atoms. The minimum absolute atomic E-state index is 0.352. The van der Waals surface area contributed by atoms with E-state index in [0.717, 1.165) is 6.54 Å². The summed E-state index contributed by atoms with van der Waals surface area (Å²) in [6.45, 7) is 10.1. The summed E-state index contributed by atoms with van der Waals surface area (Å²) in [5.74, 6) is 1.28. The van der Waals surface area contributed by atoms with Crippen molar-refractivity contribution in [3.8, 4) is 0 Å². The first-order chi connectivity index (χ1) is 7.33. The molecule has 0 aromatic rings. The highest BCUT2D eigenvalue weighted by atomic mass is 32.4. The topological polar surface area (TPSA) is 12.4 Å². The van der Waals surface area contributed by atoms with E-state index in [2.05, 4.69) is 58.3 Å². The lowest BCUT2D eigenvalue weighted by Gasteiger charge is -2.66. The summed E-state index contributed by atoms with van der Waals surface area (Å²) < 4.78 is 0. The minimum Gasteiger partial charge on any atom is -0.289 e. The fourth-order valence-corrected chi connectivity index (χ4v) is 5.13. The molecule has 0 bridgehead atoms. The van der Waals surface area contributed by atoms with E-state index < -0.39 is 8.29 Å². The molecule has 17 heavy (non-hydrogen) atoms. The van der Waals surface area contributed by atoms with E-state index in [1.807, 2.05) is 0 Å². The maximum atomic E-state index is 4.82. The van der Waals surface area contributed by atoms with E-state index in [4.69, 9.17) is 4.99 Å². The van der Waals surface area contributed by atoms with E-state index in [-0.39, 0.29) is 0 Å². The second-order valence-corrected chi connectivity index (χ2v) is 18.8. The number of aliphatic imine (C=N–C) groups is 1. The molecule has 0 unspecified atom stereocenters. The molecule has 0 saturated heterocycles. The Kier molecular flexibility index (Phi) is 4.61. The van der Waals surface area contributed by atoms with Gasteiger partial charge in [0.2, 0.25) is 0 Å². The smallest absolute Gasteiger partial charge is 0.0445 e. The average Bonchev–Trinajstić information content (AvgIpc) is 1.99. The average molecular weight is 262 g/mol. The lowest BCUT2D eigenvalue weighted by atomic mass is 9.88. The van der Waals surface area contributed by atoms with Crippen molar-refractivity contribution in [1.29, 1.82) is 0 Å². The molecule has 0 atom stereocenters. The second-order valence-electron chi connectivity index (χ2n) is 8.78. The van der Waals surface area contributed by atoms with Crippen molar-refractivity contribution in [1.82, 2.24) is 0 Å². The summed E-state index contributed by atoms with van der Waals surface area (Å²) in [6.07, 6.45) is 13.5. The van der Waals surface area contributed by atoms with Gasteiger partial charge in [-0.05, 0) is 49.0 Å². The molecule has 0 N–H and O–H groups in total. The van der Waals surface area contributed by atoms with Crippen molar-refractivity contribution in [3.05, 3.63) is 0 Å². The van der Waals surface area contributed by atoms with Crippen LogP contribution in [-0.2, 0) is 0 Å². The number of hydrogen-bond acceptors (Lipinski definition) is 1. The van der Waals surface area contributed by atoms with Crippen molar-refractivity contribution >= 4 is 13.8 Å². The summed E-state index contributed by atoms with van der Waals surface area (Å²) in [5.41, 5.74) is 2.67. The van der Waals surface area contributed by atoms with Crippen LogP contribution in [0.25, 0.3) is 0 Å². The predicted molar refractivity (Wildman–Crippen MR) is 88.5 cm³/mol. The van der Waals surface area contributed by atoms with Gasteiger partial charge in [0.05, 0.1) is 0 Å². The third-order valence-corrected chi connectivity index (χ3v) is 6.57. The largest absolute Gasteiger partial charge is 0.289 e. The van der Waals surface area contributed by atoms with Crippen molar-refractivity contribution in [2.75, 3.05) is 37.3 Å². The van der Waals surface area contributed by atoms with Crippen LogP contribution < -0.4 is 0 Å². The Morgan fingerprint density at radius 2 is 1.53 bits per heavy atom. The van der Waals surface area contributed by atoms with E-state index in [1.165, 1.54) is 25.0 Å². The van der Waals surface area contributed by atoms with Crippen LogP contribution >= 0.6 is 8.29 Å². The lowest BCUT2D eigenvalue weighted by molar-refractivity contribution is 0.345. The molecule has 0 rings (SSSR count). The monoisotopic (exact) mass is 261 g/mol. The van der Waals surface area contributed by atoms with E-state index >= 15 is 0 Å². The molecule has 0 aliphatic rings. The molecule has 0 heterocycles. The van der Waals surface area contributed by atoms with Gasteiger partial charge in [-0.2, -0.15) is 0 Å². The Bertz CT molecular complexity index is 279. The van der Waals surface area contributed by atoms with Crippen LogP contribution in [0.1, 0.15) is 47.0 Å². The Morgan fingerprint density at radius 1 is 1.00 bits per heavy atom. The van der Waals surface area contributed by atoms with Gasteiger partial charge < -0.3 is 0 Å². The molecular formula is C15H35NS. The van der Waals surface area contributed by atoms with Crippen molar-refractivity contribution in [2.24, 2.45) is 10.4 Å². The zero-order valence-electron chi connectivity index (χ0n) is 13.5. The fourth-order valence-electron chi connectivity index (χ4n) is 2.38. The van der Waals surface area contributed by atoms with Crippen LogP contribution in [0.4, 0.5) is 0 Å². The zero-order chi connectivity index (χ0) is 13.9. The number of hydrogen-bond donors (Lipinski definition) is 0. The van der Waals surface area contributed by atoms with Crippen molar-refractivity contribution < 1.29 is 0 Å². The Hall–Kier alpha value is 0.0200. The highest BCUT2D eigenvalue weighted by Crippen LogP contribution is 2.76. The quantitative estimate of drug-likeness (QED) is 0.467. The Labute approximate surface area is 109 Å². The minimum atomic E-state index is -2.02. The molecule has 1 nitrogen and oxygen atoms in total. The van der Waals surface area contributed by atoms with Crippen LogP contribution in [0.5, 0.6) is 0 Å². The molecule has 0 aliphatic carbocycles. The highest BCUT2D eigenvalue weighted by molar-refractivity contribution is 8.71. The summed E-state index contributed by atoms with van der Waals surface area (Å²) in [5, 5.41) is 0. The summed E-state index contributed by atoms with van der Waals surface area (Å²) in [7, 11) is -2.02. The molecule has 0 fully saturated rings. The third-order valence-electron chi connectivity index (χ3n) is 3.16. The molecular weight excluding hydrogens is 226 g/mol. The molecule has 2 heteroatoms. The standard InChI is InChI=1S/C15H35NS/c1-9-11-15(3,4)13-16-14-17(5,6,7,8)12-10-2/h14H,9-13H2,1-8H3. The van der Waals surface area contributed by atoms with Gasteiger partial charge in [-0.1, -0.05) is 34.1 Å². The third kappa shape index (κ3) is 7.86. The predicted octanol–water partition coefficient (Wildman–Crippen LogP) is 4.65. The number of rotatable bonds is 7. The Morgan fingerprint density at radius 3 is 1.94 bits per heavy atom. The highest BCUT2D eigenvalue weighted by Gasteiger charge is 2.39. The van der Waals surface area contributed by atoms with Crippen LogP contribution in [-0.4, -0.2) is 42.9 Å². The van der Waals surface area contributed by atoms with E-state index in [1.54, 1.807) is 0 Å². The van der Waals surface area contributed by atoms with Gasteiger partial charge in [0, 0.05) is 12.1 Å². The molecule has 0 amide bonds. The van der Waals surface area contributed by atoms with Crippen molar-refractivity contribution in [2.45, 2.75) is 47.0 Å². The zero-order valence-corrected chi connectivity index (χ0v) is 14.3. The van der Waals surface area contributed by atoms with E-state index in [0.29, 0.717) is 5.41 Å². The van der Waals surface area contributed by atoms with Crippen LogP contribution in [0.15, 0.2) is 4.99 Å². The maximum Gasteiger partial charge on any atom is 0.0445 e. The molecule has 0 radical (unpaired) electrons. The van der Waals surface area contributed by atoms with Gasteiger partial charge in [0.15, 0.2) is 0 Å². The first kappa shape index (κ1) is 17.0. The number of nitrogens with zero attached hydrogens (tertiary/aromatic N) is 1. The van der Waals surface area contributed by atoms with Crippen molar-refractivity contribution in [3.63, 3.8) is 0 Å². The summed E-state index contributed by atoms with van der Waals surface area (Å²) in [6, 6.07) is 0. The lowest BCUT2D eigenvalue weighted by Crippen LogP contribution is -2.36. The molecule has 0 aromatic carbocycles. The maximum absolute atomic E-state index is 4.82. The van der Waals surface area contributed by atoms with Gasteiger partial charge in [-0.25, -0.2) is 0 Å². The van der Waals surface area contributed by atoms with Crippen LogP contribution in [0, 0.1) is 5.41 Å². The SMILES string of the molecule is CCCC(C)(C)CN=CS(C)(C)(C)(C)CCC. The van der Waals surface area contributed by atoms with Gasteiger partial charge in [-0.15, -0.1) is 0 Å². The second kappa shape index (κ2) is 4.60. The Balaban J connectivity index is 4.73. The van der Waals surface area contributed by atoms with Crippen LogP contribution in [0.2, 0.25) is 0 Å². The first-order valence-electron chi connectivity index (χ1n) is 6.85. The summed E-state index contributed by atoms with van der Waals surface area (Å²) >= 11 is 0. The van der Waals surface area contributed by atoms with Gasteiger partial charge in [0.25, 0.3) is 0 Å². The molecule has 0 saturated carbocycles. The molecule has 0 aromatic heterocycles. The van der Waals surface area contributed by atoms with E-state index in [9.17, 15) is 0 Å². The van der Waals surface area contributed by atoms with Crippen LogP contribution in [0.3, 0.4) is 0 Å². The molecule has 0 aliphatic heterocycles. The molecule has 106 valence electrons. The fraction of sp³-hybridized carbons (Fsp3) is 0.933. The van der Waals surface area contributed by atoms with Gasteiger partial charge >= 0.3 is 0 Å². The van der Waals surface area contributed by atoms with Gasteiger partial charge in [0.1, 0.15) is 0 Å². The first-order valence-corrected chi connectivity index (χ1v) is 11.2. The summed E-state index contributed by atoms with van der Waals surface area (Å²) in [4.78, 5) is 4.82. The normalized spacial score (nSPS) is 18.1. The van der Waals surface area contributed by atoms with Gasteiger partial charge in [-0.3, -0.25) is 13.3 Å².